The van der Waals surface area contributed by atoms with Gasteiger partial charge in [-0.1, -0.05) is 12.8 Å². The summed E-state index contributed by atoms with van der Waals surface area (Å²) in [5.41, 5.74) is -0.343. The highest BCUT2D eigenvalue weighted by molar-refractivity contribution is 5.01. The molecule has 0 bridgehead atoms. The van der Waals surface area contributed by atoms with Gasteiger partial charge in [0.2, 0.25) is 0 Å². The molecule has 3 aliphatic rings. The first kappa shape index (κ1) is 10.1. The van der Waals surface area contributed by atoms with Crippen molar-refractivity contribution in [3.63, 3.8) is 0 Å². The molecule has 2 atom stereocenters. The molecule has 2 nitrogen and oxygen atoms in total. The molecule has 2 saturated carbocycles. The van der Waals surface area contributed by atoms with Gasteiger partial charge in [0, 0.05) is 18.6 Å². The molecule has 3 fully saturated rings. The average molecular weight is 209 g/mol. The van der Waals surface area contributed by atoms with Gasteiger partial charge < -0.3 is 5.11 Å². The van der Waals surface area contributed by atoms with E-state index < -0.39 is 0 Å². The predicted octanol–water partition coefficient (Wildman–Crippen LogP) is 2.16. The first-order valence-corrected chi connectivity index (χ1v) is 6.64. The zero-order valence-corrected chi connectivity index (χ0v) is 9.78. The lowest BCUT2D eigenvalue weighted by molar-refractivity contribution is 0.0363. The normalized spacial score (nSPS) is 42.4. The van der Waals surface area contributed by atoms with Gasteiger partial charge in [0.25, 0.3) is 0 Å². The van der Waals surface area contributed by atoms with E-state index in [1.54, 1.807) is 0 Å². The Morgan fingerprint density at radius 1 is 1.27 bits per heavy atom. The smallest absolute Gasteiger partial charge is 0.0789 e. The van der Waals surface area contributed by atoms with Gasteiger partial charge in [-0.25, -0.2) is 0 Å². The van der Waals surface area contributed by atoms with Crippen LogP contribution >= 0.6 is 0 Å². The van der Waals surface area contributed by atoms with Crippen molar-refractivity contribution in [2.45, 2.75) is 69.6 Å². The summed E-state index contributed by atoms with van der Waals surface area (Å²) in [7, 11) is 0. The number of hydrogen-bond acceptors (Lipinski definition) is 2. The predicted molar refractivity (Wildman–Crippen MR) is 60.7 cm³/mol. The lowest BCUT2D eigenvalue weighted by Gasteiger charge is -2.23. The molecule has 0 spiro atoms. The Labute approximate surface area is 92.7 Å². The Kier molecular flexibility index (Phi) is 2.33. The molecule has 0 radical (unpaired) electrons. The van der Waals surface area contributed by atoms with Crippen molar-refractivity contribution in [2.24, 2.45) is 5.92 Å². The molecular formula is C13H23NO. The molecule has 1 heterocycles. The zero-order valence-electron chi connectivity index (χ0n) is 9.78. The first-order chi connectivity index (χ1) is 7.16. The van der Waals surface area contributed by atoms with Gasteiger partial charge in [-0.05, 0) is 44.9 Å². The maximum Gasteiger partial charge on any atom is 0.0789 e. The van der Waals surface area contributed by atoms with Gasteiger partial charge in [0.05, 0.1) is 5.60 Å². The third-order valence-electron chi connectivity index (χ3n) is 4.45. The molecule has 2 aliphatic carbocycles. The van der Waals surface area contributed by atoms with Crippen LogP contribution in [-0.4, -0.2) is 34.2 Å². The van der Waals surface area contributed by atoms with Crippen molar-refractivity contribution >= 4 is 0 Å². The SMILES string of the molecule is CC1CC(O)(CCC2CC2)CN1C1CC1. The number of likely N-dealkylation sites (tertiary alicyclic amines) is 1. The van der Waals surface area contributed by atoms with E-state index in [9.17, 15) is 5.11 Å². The molecule has 0 aromatic rings. The monoisotopic (exact) mass is 209 g/mol. The molecule has 0 aromatic heterocycles. The average Bonchev–Trinajstić information content (AvgIpc) is 3.06. The fourth-order valence-corrected chi connectivity index (χ4v) is 3.18. The zero-order chi connectivity index (χ0) is 10.5. The summed E-state index contributed by atoms with van der Waals surface area (Å²) in [5, 5.41) is 10.5. The van der Waals surface area contributed by atoms with Crippen molar-refractivity contribution in [1.29, 1.82) is 0 Å². The minimum absolute atomic E-state index is 0.343. The van der Waals surface area contributed by atoms with E-state index in [1.807, 2.05) is 0 Å². The summed E-state index contributed by atoms with van der Waals surface area (Å²) in [6.07, 6.45) is 8.88. The minimum Gasteiger partial charge on any atom is -0.388 e. The topological polar surface area (TPSA) is 23.5 Å². The fraction of sp³-hybridized carbons (Fsp3) is 1.00. The Morgan fingerprint density at radius 3 is 2.60 bits per heavy atom. The van der Waals surface area contributed by atoms with Crippen LogP contribution in [0.5, 0.6) is 0 Å². The van der Waals surface area contributed by atoms with E-state index in [-0.39, 0.29) is 5.60 Å². The quantitative estimate of drug-likeness (QED) is 0.767. The molecule has 3 rings (SSSR count). The van der Waals surface area contributed by atoms with Crippen LogP contribution in [0.1, 0.15) is 51.9 Å². The van der Waals surface area contributed by atoms with E-state index in [0.717, 1.165) is 31.3 Å². The van der Waals surface area contributed by atoms with Crippen LogP contribution in [0.3, 0.4) is 0 Å². The summed E-state index contributed by atoms with van der Waals surface area (Å²) in [6, 6.07) is 1.43. The molecule has 15 heavy (non-hydrogen) atoms. The second-order valence-corrected chi connectivity index (χ2v) is 6.16. The summed E-state index contributed by atoms with van der Waals surface area (Å²) >= 11 is 0. The molecule has 86 valence electrons. The van der Waals surface area contributed by atoms with E-state index in [1.165, 1.54) is 32.1 Å². The first-order valence-electron chi connectivity index (χ1n) is 6.64. The maximum absolute atomic E-state index is 10.5. The van der Waals surface area contributed by atoms with Crippen LogP contribution in [0.25, 0.3) is 0 Å². The lowest BCUT2D eigenvalue weighted by atomic mass is 9.93. The highest BCUT2D eigenvalue weighted by Gasteiger charge is 2.46. The summed E-state index contributed by atoms with van der Waals surface area (Å²) in [6.45, 7) is 3.24. The van der Waals surface area contributed by atoms with E-state index in [4.69, 9.17) is 0 Å². The van der Waals surface area contributed by atoms with Crippen LogP contribution in [0.4, 0.5) is 0 Å². The van der Waals surface area contributed by atoms with Gasteiger partial charge in [0.15, 0.2) is 0 Å². The molecule has 0 aromatic carbocycles. The summed E-state index contributed by atoms with van der Waals surface area (Å²) in [4.78, 5) is 2.55. The number of β-amino-alcohol motifs (C(OH)–C–C–N with tert-alkyl or cyclic N) is 1. The van der Waals surface area contributed by atoms with E-state index in [2.05, 4.69) is 11.8 Å². The van der Waals surface area contributed by atoms with Crippen LogP contribution < -0.4 is 0 Å². The van der Waals surface area contributed by atoms with Gasteiger partial charge >= 0.3 is 0 Å². The van der Waals surface area contributed by atoms with E-state index in [0.29, 0.717) is 6.04 Å². The van der Waals surface area contributed by atoms with Crippen molar-refractivity contribution in [3.8, 4) is 0 Å². The Morgan fingerprint density at radius 2 is 2.00 bits per heavy atom. The van der Waals surface area contributed by atoms with Crippen LogP contribution in [0.15, 0.2) is 0 Å². The van der Waals surface area contributed by atoms with E-state index >= 15 is 0 Å². The summed E-state index contributed by atoms with van der Waals surface area (Å²) in [5.74, 6) is 0.958. The van der Waals surface area contributed by atoms with Crippen molar-refractivity contribution in [3.05, 3.63) is 0 Å². The molecule has 0 amide bonds. The number of hydrogen-bond donors (Lipinski definition) is 1. The van der Waals surface area contributed by atoms with Crippen LogP contribution in [0.2, 0.25) is 0 Å². The molecule has 2 heteroatoms. The molecular weight excluding hydrogens is 186 g/mol. The second kappa shape index (κ2) is 3.46. The van der Waals surface area contributed by atoms with Crippen LogP contribution in [-0.2, 0) is 0 Å². The van der Waals surface area contributed by atoms with Crippen molar-refractivity contribution < 1.29 is 5.11 Å². The van der Waals surface area contributed by atoms with Crippen LogP contribution in [0, 0.1) is 5.92 Å². The lowest BCUT2D eigenvalue weighted by Crippen LogP contribution is -2.34. The Bertz CT molecular complexity index is 247. The largest absolute Gasteiger partial charge is 0.388 e. The number of nitrogens with zero attached hydrogens (tertiary/aromatic N) is 1. The number of aliphatic hydroxyl groups is 1. The Balaban J connectivity index is 1.55. The Hall–Kier alpha value is -0.0800. The highest BCUT2D eigenvalue weighted by atomic mass is 16.3. The standard InChI is InChI=1S/C13H23NO/c1-10-8-13(15,7-6-11-2-3-11)9-14(10)12-4-5-12/h10-12,15H,2-9H2,1H3. The molecule has 2 unspecified atom stereocenters. The van der Waals surface area contributed by atoms with Gasteiger partial charge in [-0.2, -0.15) is 0 Å². The second-order valence-electron chi connectivity index (χ2n) is 6.16. The van der Waals surface area contributed by atoms with Crippen molar-refractivity contribution in [1.82, 2.24) is 4.90 Å². The molecule has 1 saturated heterocycles. The van der Waals surface area contributed by atoms with Gasteiger partial charge in [-0.3, -0.25) is 4.90 Å². The third-order valence-corrected chi connectivity index (χ3v) is 4.45. The van der Waals surface area contributed by atoms with Crippen molar-refractivity contribution in [2.75, 3.05) is 6.54 Å². The van der Waals surface area contributed by atoms with Gasteiger partial charge in [0.1, 0.15) is 0 Å². The molecule has 1 N–H and O–H groups in total. The maximum atomic E-state index is 10.5. The highest BCUT2D eigenvalue weighted by Crippen LogP contribution is 2.41. The van der Waals surface area contributed by atoms with Gasteiger partial charge in [-0.15, -0.1) is 0 Å². The third kappa shape index (κ3) is 2.21. The number of rotatable bonds is 4. The summed E-state index contributed by atoms with van der Waals surface area (Å²) < 4.78 is 0. The molecule has 1 aliphatic heterocycles. The minimum atomic E-state index is -0.343. The fourth-order valence-electron chi connectivity index (χ4n) is 3.18.